The molecule has 8 nitrogen and oxygen atoms in total. The standard InChI is InChI=1S/C23H37N5O3/c1-6-27(22(30)31-23(2,3)4)16-18-11-13-28(14-12-18)21(25-5)26-15-17-7-9-19(10-8-17)20(24)29/h7-10,18H,6,11-16H2,1-5H3,(H2,24,29)(H,25,26). The second-order valence-electron chi connectivity index (χ2n) is 8.91. The van der Waals surface area contributed by atoms with Crippen LogP contribution in [0.4, 0.5) is 4.79 Å². The van der Waals surface area contributed by atoms with Crippen molar-refractivity contribution in [2.75, 3.05) is 33.2 Å². The second kappa shape index (κ2) is 11.0. The first kappa shape index (κ1) is 24.5. The number of amides is 2. The van der Waals surface area contributed by atoms with Crippen molar-refractivity contribution in [2.24, 2.45) is 16.6 Å². The molecular weight excluding hydrogens is 394 g/mol. The van der Waals surface area contributed by atoms with Gasteiger partial charge in [0.15, 0.2) is 5.96 Å². The maximum Gasteiger partial charge on any atom is 0.410 e. The van der Waals surface area contributed by atoms with Crippen LogP contribution in [0, 0.1) is 5.92 Å². The van der Waals surface area contributed by atoms with Crippen LogP contribution in [0.5, 0.6) is 0 Å². The molecule has 3 N–H and O–H groups in total. The van der Waals surface area contributed by atoms with E-state index in [9.17, 15) is 9.59 Å². The van der Waals surface area contributed by atoms with E-state index in [1.807, 2.05) is 39.8 Å². The zero-order valence-corrected chi connectivity index (χ0v) is 19.5. The van der Waals surface area contributed by atoms with Gasteiger partial charge >= 0.3 is 6.09 Å². The number of primary amides is 1. The number of hydrogen-bond donors (Lipinski definition) is 2. The molecule has 0 radical (unpaired) electrons. The average molecular weight is 432 g/mol. The number of aliphatic imine (C=N–C) groups is 1. The zero-order chi connectivity index (χ0) is 23.0. The lowest BCUT2D eigenvalue weighted by molar-refractivity contribution is 0.0214. The molecule has 1 aliphatic heterocycles. The van der Waals surface area contributed by atoms with Crippen molar-refractivity contribution >= 4 is 18.0 Å². The van der Waals surface area contributed by atoms with Gasteiger partial charge in [0, 0.05) is 45.3 Å². The topological polar surface area (TPSA) is 100 Å². The van der Waals surface area contributed by atoms with Crippen LogP contribution in [0.3, 0.4) is 0 Å². The number of hydrogen-bond acceptors (Lipinski definition) is 4. The molecule has 0 unspecified atom stereocenters. The Morgan fingerprint density at radius 1 is 1.23 bits per heavy atom. The average Bonchev–Trinajstić information content (AvgIpc) is 2.72. The molecular formula is C23H37N5O3. The number of likely N-dealkylation sites (tertiary alicyclic amines) is 1. The summed E-state index contributed by atoms with van der Waals surface area (Å²) in [6.07, 6.45) is 1.75. The Morgan fingerprint density at radius 2 is 1.84 bits per heavy atom. The van der Waals surface area contributed by atoms with Gasteiger partial charge in [-0.1, -0.05) is 12.1 Å². The highest BCUT2D eigenvalue weighted by molar-refractivity contribution is 5.92. The molecule has 31 heavy (non-hydrogen) atoms. The van der Waals surface area contributed by atoms with Crippen molar-refractivity contribution < 1.29 is 14.3 Å². The summed E-state index contributed by atoms with van der Waals surface area (Å²) in [5, 5.41) is 3.39. The summed E-state index contributed by atoms with van der Waals surface area (Å²) < 4.78 is 5.53. The quantitative estimate of drug-likeness (QED) is 0.533. The number of nitrogens with one attached hydrogen (secondary N) is 1. The molecule has 0 atom stereocenters. The van der Waals surface area contributed by atoms with Crippen LogP contribution in [0.1, 0.15) is 56.5 Å². The van der Waals surface area contributed by atoms with Gasteiger partial charge in [-0.3, -0.25) is 9.79 Å². The number of piperidine rings is 1. The van der Waals surface area contributed by atoms with E-state index in [4.69, 9.17) is 10.5 Å². The Hall–Kier alpha value is -2.77. The van der Waals surface area contributed by atoms with Gasteiger partial charge in [-0.25, -0.2) is 4.79 Å². The number of nitrogens with two attached hydrogens (primary N) is 1. The Labute approximate surface area is 185 Å². The van der Waals surface area contributed by atoms with Crippen LogP contribution in [-0.4, -0.2) is 66.6 Å². The van der Waals surface area contributed by atoms with Crippen LogP contribution >= 0.6 is 0 Å². The summed E-state index contributed by atoms with van der Waals surface area (Å²) in [6, 6.07) is 7.25. The Kier molecular flexibility index (Phi) is 8.71. The van der Waals surface area contributed by atoms with Gasteiger partial charge in [-0.15, -0.1) is 0 Å². The largest absolute Gasteiger partial charge is 0.444 e. The summed E-state index contributed by atoms with van der Waals surface area (Å²) in [7, 11) is 1.78. The molecule has 2 amide bonds. The van der Waals surface area contributed by atoms with Gasteiger partial charge in [-0.05, 0) is 64.2 Å². The molecule has 8 heteroatoms. The van der Waals surface area contributed by atoms with E-state index >= 15 is 0 Å². The van der Waals surface area contributed by atoms with E-state index < -0.39 is 11.5 Å². The molecule has 1 aliphatic rings. The van der Waals surface area contributed by atoms with Crippen LogP contribution in [0.25, 0.3) is 0 Å². The van der Waals surface area contributed by atoms with E-state index in [1.165, 1.54) is 0 Å². The normalized spacial score (nSPS) is 15.5. The summed E-state index contributed by atoms with van der Waals surface area (Å²) in [5.74, 6) is 0.881. The summed E-state index contributed by atoms with van der Waals surface area (Å²) in [5.41, 5.74) is 6.36. The van der Waals surface area contributed by atoms with Crippen molar-refractivity contribution in [1.29, 1.82) is 0 Å². The van der Waals surface area contributed by atoms with Crippen molar-refractivity contribution in [3.05, 3.63) is 35.4 Å². The smallest absolute Gasteiger partial charge is 0.410 e. The van der Waals surface area contributed by atoms with Crippen molar-refractivity contribution in [3.63, 3.8) is 0 Å². The Balaban J connectivity index is 1.83. The van der Waals surface area contributed by atoms with E-state index in [1.54, 1.807) is 24.1 Å². The van der Waals surface area contributed by atoms with Gasteiger partial charge in [0.1, 0.15) is 5.60 Å². The molecule has 1 aromatic carbocycles. The fourth-order valence-electron chi connectivity index (χ4n) is 3.60. The SMILES string of the molecule is CCN(CC1CCN(C(=NC)NCc2ccc(C(N)=O)cc2)CC1)C(=O)OC(C)(C)C. The molecule has 1 fully saturated rings. The number of carbonyl (C=O) groups excluding carboxylic acids is 2. The molecule has 1 heterocycles. The Morgan fingerprint density at radius 3 is 2.32 bits per heavy atom. The van der Waals surface area contributed by atoms with Gasteiger partial charge in [0.05, 0.1) is 0 Å². The van der Waals surface area contributed by atoms with Gasteiger partial charge in [0.2, 0.25) is 5.91 Å². The van der Waals surface area contributed by atoms with Crippen molar-refractivity contribution in [3.8, 4) is 0 Å². The third-order valence-electron chi connectivity index (χ3n) is 5.33. The third-order valence-corrected chi connectivity index (χ3v) is 5.33. The van der Waals surface area contributed by atoms with Crippen LogP contribution in [-0.2, 0) is 11.3 Å². The third kappa shape index (κ3) is 7.77. The maximum atomic E-state index is 12.4. The van der Waals surface area contributed by atoms with E-state index in [2.05, 4.69) is 15.2 Å². The van der Waals surface area contributed by atoms with Gasteiger partial charge < -0.3 is 25.6 Å². The first-order chi connectivity index (χ1) is 14.6. The first-order valence-electron chi connectivity index (χ1n) is 10.9. The number of carbonyl (C=O) groups is 2. The van der Waals surface area contributed by atoms with Gasteiger partial charge in [-0.2, -0.15) is 0 Å². The fourth-order valence-corrected chi connectivity index (χ4v) is 3.60. The molecule has 0 bridgehead atoms. The Bertz CT molecular complexity index is 762. The highest BCUT2D eigenvalue weighted by Crippen LogP contribution is 2.20. The van der Waals surface area contributed by atoms with Gasteiger partial charge in [0.25, 0.3) is 0 Å². The number of nitrogens with zero attached hydrogens (tertiary/aromatic N) is 3. The minimum atomic E-state index is -0.480. The van der Waals surface area contributed by atoms with Crippen LogP contribution in [0.15, 0.2) is 29.3 Å². The molecule has 2 rings (SSSR count). The van der Waals surface area contributed by atoms with E-state index in [0.717, 1.165) is 44.0 Å². The summed E-state index contributed by atoms with van der Waals surface area (Å²) in [6.45, 7) is 11.4. The molecule has 1 saturated heterocycles. The highest BCUT2D eigenvalue weighted by Gasteiger charge is 2.27. The number of benzene rings is 1. The zero-order valence-electron chi connectivity index (χ0n) is 19.5. The number of guanidine groups is 1. The molecule has 0 spiro atoms. The lowest BCUT2D eigenvalue weighted by Crippen LogP contribution is -2.47. The lowest BCUT2D eigenvalue weighted by atomic mass is 9.96. The van der Waals surface area contributed by atoms with E-state index in [0.29, 0.717) is 24.6 Å². The maximum absolute atomic E-state index is 12.4. The minimum absolute atomic E-state index is 0.239. The highest BCUT2D eigenvalue weighted by atomic mass is 16.6. The first-order valence-corrected chi connectivity index (χ1v) is 10.9. The second-order valence-corrected chi connectivity index (χ2v) is 8.91. The predicted molar refractivity (Wildman–Crippen MR) is 123 cm³/mol. The predicted octanol–water partition coefficient (Wildman–Crippen LogP) is 2.83. The number of rotatable bonds is 6. The fraction of sp³-hybridized carbons (Fsp3) is 0.609. The number of ether oxygens (including phenoxy) is 1. The molecule has 0 aromatic heterocycles. The van der Waals surface area contributed by atoms with Crippen molar-refractivity contribution in [2.45, 2.75) is 52.7 Å². The minimum Gasteiger partial charge on any atom is -0.444 e. The molecule has 1 aromatic rings. The monoisotopic (exact) mass is 431 g/mol. The molecule has 0 saturated carbocycles. The lowest BCUT2D eigenvalue weighted by Gasteiger charge is -2.36. The van der Waals surface area contributed by atoms with E-state index in [-0.39, 0.29) is 6.09 Å². The summed E-state index contributed by atoms with van der Waals surface area (Å²) in [4.78, 5) is 32.1. The molecule has 172 valence electrons. The summed E-state index contributed by atoms with van der Waals surface area (Å²) >= 11 is 0. The van der Waals surface area contributed by atoms with Crippen LogP contribution in [0.2, 0.25) is 0 Å². The van der Waals surface area contributed by atoms with Crippen LogP contribution < -0.4 is 11.1 Å². The molecule has 0 aliphatic carbocycles. The van der Waals surface area contributed by atoms with Crippen molar-refractivity contribution in [1.82, 2.24) is 15.1 Å².